The molecule has 4 nitrogen and oxygen atoms in total. The molecule has 0 radical (unpaired) electrons. The van der Waals surface area contributed by atoms with Crippen LogP contribution in [0.25, 0.3) is 0 Å². The van der Waals surface area contributed by atoms with Gasteiger partial charge < -0.3 is 9.84 Å². The lowest BCUT2D eigenvalue weighted by molar-refractivity contribution is 0.388. The Kier molecular flexibility index (Phi) is 2.65. The van der Waals surface area contributed by atoms with Gasteiger partial charge in [-0.1, -0.05) is 16.8 Å². The van der Waals surface area contributed by atoms with E-state index in [1.165, 1.54) is 0 Å². The quantitative estimate of drug-likeness (QED) is 0.843. The number of pyridine rings is 1. The predicted molar refractivity (Wildman–Crippen MR) is 53.1 cm³/mol. The average molecular weight is 210 g/mol. The van der Waals surface area contributed by atoms with Crippen LogP contribution >= 0.6 is 11.6 Å². The lowest BCUT2D eigenvalue weighted by atomic mass is 10.4. The monoisotopic (exact) mass is 209 g/mol. The molecule has 2 aromatic heterocycles. The fourth-order valence-corrected chi connectivity index (χ4v) is 1.21. The van der Waals surface area contributed by atoms with Crippen LogP contribution in [0.5, 0.6) is 0 Å². The Morgan fingerprint density at radius 3 is 3.00 bits per heavy atom. The Labute approximate surface area is 85.9 Å². The minimum Gasteiger partial charge on any atom is -0.361 e. The molecule has 1 N–H and O–H groups in total. The Morgan fingerprint density at radius 2 is 2.29 bits per heavy atom. The maximum Gasteiger partial charge on any atom is 0.155 e. The fourth-order valence-electron chi connectivity index (χ4n) is 1.02. The first-order chi connectivity index (χ1) is 6.86. The summed E-state index contributed by atoms with van der Waals surface area (Å²) < 4.78 is 4.91. The highest BCUT2D eigenvalue weighted by molar-refractivity contribution is 6.32. The van der Waals surface area contributed by atoms with Crippen molar-refractivity contribution in [2.45, 2.75) is 6.54 Å². The van der Waals surface area contributed by atoms with E-state index in [2.05, 4.69) is 15.5 Å². The lowest BCUT2D eigenvalue weighted by Crippen LogP contribution is -2.00. The van der Waals surface area contributed by atoms with Crippen molar-refractivity contribution >= 4 is 17.4 Å². The minimum atomic E-state index is 0.525. The third-order valence-electron chi connectivity index (χ3n) is 1.68. The number of aromatic nitrogens is 2. The summed E-state index contributed by atoms with van der Waals surface area (Å²) in [4.78, 5) is 4.07. The van der Waals surface area contributed by atoms with Crippen molar-refractivity contribution in [2.75, 3.05) is 5.32 Å². The van der Waals surface area contributed by atoms with Gasteiger partial charge in [0.05, 0.1) is 17.8 Å². The van der Waals surface area contributed by atoms with E-state index in [0.29, 0.717) is 17.4 Å². The Hall–Kier alpha value is -1.55. The molecule has 2 rings (SSSR count). The van der Waals surface area contributed by atoms with Gasteiger partial charge in [0, 0.05) is 12.3 Å². The van der Waals surface area contributed by atoms with Crippen molar-refractivity contribution in [1.82, 2.24) is 10.1 Å². The molecule has 0 amide bonds. The average Bonchev–Trinajstić information content (AvgIpc) is 2.69. The Morgan fingerprint density at radius 1 is 1.36 bits per heavy atom. The first-order valence-electron chi connectivity index (χ1n) is 4.10. The standard InChI is InChI=1S/C9H8ClN3O/c10-8-2-1-4-11-9(8)12-6-7-3-5-13-14-7/h1-5H,6H2,(H,11,12). The number of anilines is 1. The molecule has 14 heavy (non-hydrogen) atoms. The molecule has 0 saturated heterocycles. The maximum atomic E-state index is 5.89. The van der Waals surface area contributed by atoms with Gasteiger partial charge in [-0.25, -0.2) is 4.98 Å². The third-order valence-corrected chi connectivity index (χ3v) is 1.98. The molecular formula is C9H8ClN3O. The lowest BCUT2D eigenvalue weighted by Gasteiger charge is -2.03. The summed E-state index contributed by atoms with van der Waals surface area (Å²) in [5.74, 6) is 1.39. The summed E-state index contributed by atoms with van der Waals surface area (Å²) in [5, 5.41) is 7.22. The van der Waals surface area contributed by atoms with Crippen molar-refractivity contribution in [3.63, 3.8) is 0 Å². The van der Waals surface area contributed by atoms with Gasteiger partial charge in [0.1, 0.15) is 5.82 Å². The summed E-state index contributed by atoms with van der Waals surface area (Å²) in [6.45, 7) is 0.525. The second kappa shape index (κ2) is 4.11. The van der Waals surface area contributed by atoms with Crippen molar-refractivity contribution in [3.8, 4) is 0 Å². The van der Waals surface area contributed by atoms with Crippen LogP contribution in [0.4, 0.5) is 5.82 Å². The van der Waals surface area contributed by atoms with Crippen LogP contribution in [-0.4, -0.2) is 10.1 Å². The van der Waals surface area contributed by atoms with Crippen LogP contribution in [0.3, 0.4) is 0 Å². The van der Waals surface area contributed by atoms with E-state index in [-0.39, 0.29) is 0 Å². The summed E-state index contributed by atoms with van der Waals surface area (Å²) in [6, 6.07) is 5.34. The van der Waals surface area contributed by atoms with Gasteiger partial charge in [-0.3, -0.25) is 0 Å². The number of halogens is 1. The van der Waals surface area contributed by atoms with E-state index in [1.807, 2.05) is 0 Å². The van der Waals surface area contributed by atoms with Crippen LogP contribution in [0, 0.1) is 0 Å². The van der Waals surface area contributed by atoms with E-state index in [0.717, 1.165) is 5.76 Å². The highest BCUT2D eigenvalue weighted by Gasteiger charge is 2.01. The first kappa shape index (κ1) is 9.02. The van der Waals surface area contributed by atoms with Gasteiger partial charge in [0.15, 0.2) is 5.76 Å². The number of rotatable bonds is 3. The summed E-state index contributed by atoms with van der Waals surface area (Å²) in [7, 11) is 0. The molecule has 0 saturated carbocycles. The smallest absolute Gasteiger partial charge is 0.155 e. The van der Waals surface area contributed by atoms with E-state index >= 15 is 0 Å². The highest BCUT2D eigenvalue weighted by Crippen LogP contribution is 2.17. The number of nitrogens with zero attached hydrogens (tertiary/aromatic N) is 2. The van der Waals surface area contributed by atoms with E-state index < -0.39 is 0 Å². The van der Waals surface area contributed by atoms with E-state index in [9.17, 15) is 0 Å². The SMILES string of the molecule is Clc1cccnc1NCc1ccno1. The Balaban J connectivity index is 2.02. The molecule has 0 aliphatic carbocycles. The molecule has 0 unspecified atom stereocenters. The normalized spacial score (nSPS) is 10.1. The zero-order valence-corrected chi connectivity index (χ0v) is 8.03. The van der Waals surface area contributed by atoms with Crippen molar-refractivity contribution in [2.24, 2.45) is 0 Å². The fraction of sp³-hybridized carbons (Fsp3) is 0.111. The topological polar surface area (TPSA) is 51.0 Å². The second-order valence-electron chi connectivity index (χ2n) is 2.67. The zero-order valence-electron chi connectivity index (χ0n) is 7.27. The molecule has 0 aliphatic heterocycles. The third kappa shape index (κ3) is 2.03. The van der Waals surface area contributed by atoms with Crippen LogP contribution in [0.15, 0.2) is 35.1 Å². The minimum absolute atomic E-state index is 0.525. The molecule has 0 aliphatic rings. The van der Waals surface area contributed by atoms with Gasteiger partial charge in [-0.2, -0.15) is 0 Å². The molecular weight excluding hydrogens is 202 g/mol. The van der Waals surface area contributed by atoms with Gasteiger partial charge in [-0.05, 0) is 12.1 Å². The summed E-state index contributed by atoms with van der Waals surface area (Å²) in [6.07, 6.45) is 3.27. The van der Waals surface area contributed by atoms with Gasteiger partial charge in [0.2, 0.25) is 0 Å². The molecule has 0 spiro atoms. The summed E-state index contributed by atoms with van der Waals surface area (Å²) in [5.41, 5.74) is 0. The second-order valence-corrected chi connectivity index (χ2v) is 3.07. The van der Waals surface area contributed by atoms with Crippen molar-refractivity contribution < 1.29 is 4.52 Å². The Bertz CT molecular complexity index is 402. The molecule has 0 aromatic carbocycles. The van der Waals surface area contributed by atoms with Crippen LogP contribution in [-0.2, 0) is 6.54 Å². The van der Waals surface area contributed by atoms with E-state index in [4.69, 9.17) is 16.1 Å². The van der Waals surface area contributed by atoms with Crippen molar-refractivity contribution in [3.05, 3.63) is 41.4 Å². The molecule has 2 aromatic rings. The highest BCUT2D eigenvalue weighted by atomic mass is 35.5. The van der Waals surface area contributed by atoms with E-state index in [1.54, 1.807) is 30.6 Å². The predicted octanol–water partition coefficient (Wildman–Crippen LogP) is 2.34. The number of nitrogens with one attached hydrogen (secondary N) is 1. The summed E-state index contributed by atoms with van der Waals surface area (Å²) >= 11 is 5.89. The number of hydrogen-bond donors (Lipinski definition) is 1. The van der Waals surface area contributed by atoms with Gasteiger partial charge in [0.25, 0.3) is 0 Å². The number of hydrogen-bond acceptors (Lipinski definition) is 4. The molecule has 0 bridgehead atoms. The molecule has 0 atom stereocenters. The van der Waals surface area contributed by atoms with Gasteiger partial charge >= 0.3 is 0 Å². The van der Waals surface area contributed by atoms with Crippen molar-refractivity contribution in [1.29, 1.82) is 0 Å². The van der Waals surface area contributed by atoms with Crippen LogP contribution < -0.4 is 5.32 Å². The first-order valence-corrected chi connectivity index (χ1v) is 4.48. The maximum absolute atomic E-state index is 5.89. The molecule has 0 fully saturated rings. The zero-order chi connectivity index (χ0) is 9.80. The van der Waals surface area contributed by atoms with Crippen LogP contribution in [0.2, 0.25) is 5.02 Å². The molecule has 5 heteroatoms. The van der Waals surface area contributed by atoms with Gasteiger partial charge in [-0.15, -0.1) is 0 Å². The van der Waals surface area contributed by atoms with Crippen LogP contribution in [0.1, 0.15) is 5.76 Å². The molecule has 72 valence electrons. The largest absolute Gasteiger partial charge is 0.361 e. The molecule has 2 heterocycles.